The van der Waals surface area contributed by atoms with Crippen molar-refractivity contribution in [3.05, 3.63) is 16.0 Å². The van der Waals surface area contributed by atoms with E-state index in [1.807, 2.05) is 0 Å². The Morgan fingerprint density at radius 2 is 1.90 bits per heavy atom. The van der Waals surface area contributed by atoms with E-state index in [4.69, 9.17) is 5.73 Å². The second-order valence-electron chi connectivity index (χ2n) is 9.86. The summed E-state index contributed by atoms with van der Waals surface area (Å²) in [6.07, 6.45) is 7.41. The fourth-order valence-corrected chi connectivity index (χ4v) is 6.61. The molecule has 1 heterocycles. The molecule has 1 aromatic rings. The number of anilines is 1. The summed E-state index contributed by atoms with van der Waals surface area (Å²) in [6, 6.07) is 0. The maximum Gasteiger partial charge on any atom is 0.303 e. The Morgan fingerprint density at radius 1 is 1.23 bits per heavy atom. The van der Waals surface area contributed by atoms with Gasteiger partial charge in [0.25, 0.3) is 5.91 Å². The first-order valence-corrected chi connectivity index (χ1v) is 11.8. The number of fused-ring (bicyclic) bond motifs is 1. The number of carbonyl (C=O) groups excluding carboxylic acids is 2. The van der Waals surface area contributed by atoms with Crippen molar-refractivity contribution in [3.8, 4) is 0 Å². The highest BCUT2D eigenvalue weighted by molar-refractivity contribution is 7.17. The third-order valence-electron chi connectivity index (χ3n) is 7.51. The van der Waals surface area contributed by atoms with Crippen LogP contribution in [0.1, 0.15) is 92.9 Å². The van der Waals surface area contributed by atoms with Gasteiger partial charge in [0.1, 0.15) is 5.00 Å². The van der Waals surface area contributed by atoms with E-state index >= 15 is 0 Å². The Hall–Kier alpha value is -1.89. The summed E-state index contributed by atoms with van der Waals surface area (Å²) in [5.74, 6) is -1.05. The smallest absolute Gasteiger partial charge is 0.303 e. The van der Waals surface area contributed by atoms with Crippen LogP contribution in [-0.4, -0.2) is 22.9 Å². The van der Waals surface area contributed by atoms with Gasteiger partial charge in [-0.2, -0.15) is 0 Å². The largest absolute Gasteiger partial charge is 0.481 e. The van der Waals surface area contributed by atoms with Crippen LogP contribution < -0.4 is 11.1 Å². The summed E-state index contributed by atoms with van der Waals surface area (Å²) < 4.78 is 0. The Balaban J connectivity index is 1.80. The predicted octanol–water partition coefficient (Wildman–Crippen LogP) is 4.75. The highest BCUT2D eigenvalue weighted by atomic mass is 32.1. The molecule has 7 heteroatoms. The third kappa shape index (κ3) is 4.71. The van der Waals surface area contributed by atoms with Crippen LogP contribution in [-0.2, 0) is 22.4 Å². The fraction of sp³-hybridized carbons (Fsp3) is 0.696. The van der Waals surface area contributed by atoms with Crippen molar-refractivity contribution >= 4 is 34.1 Å². The summed E-state index contributed by atoms with van der Waals surface area (Å²) in [6.45, 7) is 6.79. The van der Waals surface area contributed by atoms with E-state index in [-0.39, 0.29) is 24.2 Å². The zero-order valence-electron chi connectivity index (χ0n) is 18.3. The molecule has 2 aliphatic carbocycles. The van der Waals surface area contributed by atoms with Crippen LogP contribution in [0, 0.1) is 16.7 Å². The standard InChI is InChI=1S/C23H34N2O4S/c1-4-22(2,3)14-7-8-15-16(11-14)30-21(19(15)20(24)29)25-17(26)12-23(13-18(27)28)9-5-6-10-23/h14H,4-13H2,1-3H3,(H2,24,29)(H,25,26)(H,27,28)/t14-/m0/s1. The number of rotatable bonds is 8. The Labute approximate surface area is 182 Å². The van der Waals surface area contributed by atoms with Crippen molar-refractivity contribution in [1.82, 2.24) is 0 Å². The van der Waals surface area contributed by atoms with Crippen LogP contribution in [0.4, 0.5) is 5.00 Å². The molecule has 1 aromatic heterocycles. The number of nitrogens with two attached hydrogens (primary N) is 1. The lowest BCUT2D eigenvalue weighted by atomic mass is 9.69. The molecular formula is C23H34N2O4S. The summed E-state index contributed by atoms with van der Waals surface area (Å²) in [5.41, 5.74) is 6.90. The van der Waals surface area contributed by atoms with Crippen LogP contribution in [0.2, 0.25) is 0 Å². The topological polar surface area (TPSA) is 109 Å². The average molecular weight is 435 g/mol. The lowest BCUT2D eigenvalue weighted by molar-refractivity contribution is -0.140. The van der Waals surface area contributed by atoms with Crippen LogP contribution in [0.5, 0.6) is 0 Å². The van der Waals surface area contributed by atoms with Gasteiger partial charge in [-0.3, -0.25) is 14.4 Å². The van der Waals surface area contributed by atoms with Crippen molar-refractivity contribution in [2.24, 2.45) is 22.5 Å². The quantitative estimate of drug-likeness (QED) is 0.548. The monoisotopic (exact) mass is 434 g/mol. The van der Waals surface area contributed by atoms with Gasteiger partial charge in [0.2, 0.25) is 5.91 Å². The van der Waals surface area contributed by atoms with Gasteiger partial charge in [0.05, 0.1) is 12.0 Å². The van der Waals surface area contributed by atoms with Crippen LogP contribution >= 0.6 is 11.3 Å². The van der Waals surface area contributed by atoms with E-state index in [0.29, 0.717) is 16.5 Å². The van der Waals surface area contributed by atoms with Crippen LogP contribution in [0.15, 0.2) is 0 Å². The van der Waals surface area contributed by atoms with Gasteiger partial charge in [-0.05, 0) is 54.4 Å². The zero-order chi connectivity index (χ0) is 22.1. The molecule has 0 aliphatic heterocycles. The lowest BCUT2D eigenvalue weighted by Crippen LogP contribution is -2.29. The summed E-state index contributed by atoms with van der Waals surface area (Å²) in [4.78, 5) is 37.6. The molecule has 2 aliphatic rings. The highest BCUT2D eigenvalue weighted by Crippen LogP contribution is 2.47. The van der Waals surface area contributed by atoms with E-state index in [1.165, 1.54) is 11.3 Å². The first-order chi connectivity index (χ1) is 14.1. The average Bonchev–Trinajstić information content (AvgIpc) is 3.24. The van der Waals surface area contributed by atoms with Crippen molar-refractivity contribution < 1.29 is 19.5 Å². The molecule has 0 unspecified atom stereocenters. The van der Waals surface area contributed by atoms with Gasteiger partial charge in [0, 0.05) is 11.3 Å². The number of carboxylic acid groups (broad SMARTS) is 1. The number of thiophene rings is 1. The van der Waals surface area contributed by atoms with Crippen LogP contribution in [0.25, 0.3) is 0 Å². The minimum atomic E-state index is -0.862. The second kappa shape index (κ2) is 8.69. The van der Waals surface area contributed by atoms with Gasteiger partial charge in [0.15, 0.2) is 0 Å². The molecule has 2 amide bonds. The van der Waals surface area contributed by atoms with Gasteiger partial charge >= 0.3 is 5.97 Å². The molecule has 0 spiro atoms. The number of amides is 2. The number of aliphatic carboxylic acids is 1. The normalized spacial score (nSPS) is 20.6. The molecule has 6 nitrogen and oxygen atoms in total. The van der Waals surface area contributed by atoms with E-state index in [9.17, 15) is 19.5 Å². The molecule has 1 atom stereocenters. The number of primary amides is 1. The Morgan fingerprint density at radius 3 is 2.47 bits per heavy atom. The SMILES string of the molecule is CCC(C)(C)[C@H]1CCc2c(sc(NC(=O)CC3(CC(=O)O)CCCC3)c2C(N)=O)C1. The Bertz CT molecular complexity index is 837. The van der Waals surface area contributed by atoms with Crippen molar-refractivity contribution in [2.45, 2.75) is 85.0 Å². The maximum atomic E-state index is 12.9. The van der Waals surface area contributed by atoms with E-state index in [2.05, 4.69) is 26.1 Å². The molecule has 30 heavy (non-hydrogen) atoms. The minimum Gasteiger partial charge on any atom is -0.481 e. The van der Waals surface area contributed by atoms with Gasteiger partial charge in [-0.15, -0.1) is 11.3 Å². The molecule has 0 radical (unpaired) electrons. The summed E-state index contributed by atoms with van der Waals surface area (Å²) in [7, 11) is 0. The molecule has 166 valence electrons. The maximum absolute atomic E-state index is 12.9. The van der Waals surface area contributed by atoms with Crippen molar-refractivity contribution in [3.63, 3.8) is 0 Å². The highest BCUT2D eigenvalue weighted by Gasteiger charge is 2.39. The number of carboxylic acids is 1. The third-order valence-corrected chi connectivity index (χ3v) is 8.68. The van der Waals surface area contributed by atoms with E-state index < -0.39 is 17.3 Å². The molecule has 0 aromatic carbocycles. The molecule has 1 fully saturated rings. The van der Waals surface area contributed by atoms with Crippen molar-refractivity contribution in [2.75, 3.05) is 5.32 Å². The summed E-state index contributed by atoms with van der Waals surface area (Å²) in [5, 5.41) is 12.8. The molecular weight excluding hydrogens is 400 g/mol. The first-order valence-electron chi connectivity index (χ1n) is 11.0. The van der Waals surface area contributed by atoms with Crippen LogP contribution in [0.3, 0.4) is 0 Å². The number of hydrogen-bond acceptors (Lipinski definition) is 4. The lowest BCUT2D eigenvalue weighted by Gasteiger charge is -2.36. The molecule has 4 N–H and O–H groups in total. The van der Waals surface area contributed by atoms with E-state index in [0.717, 1.165) is 61.8 Å². The number of nitrogens with one attached hydrogen (secondary N) is 1. The first kappa shape index (κ1) is 22.8. The van der Waals surface area contributed by atoms with E-state index in [1.54, 1.807) is 0 Å². The van der Waals surface area contributed by atoms with Gasteiger partial charge in [-0.25, -0.2) is 0 Å². The number of hydrogen-bond donors (Lipinski definition) is 3. The summed E-state index contributed by atoms with van der Waals surface area (Å²) >= 11 is 1.47. The minimum absolute atomic E-state index is 0.0117. The second-order valence-corrected chi connectivity index (χ2v) is 11.0. The fourth-order valence-electron chi connectivity index (χ4n) is 5.26. The molecule has 0 bridgehead atoms. The van der Waals surface area contributed by atoms with Gasteiger partial charge in [-0.1, -0.05) is 40.0 Å². The van der Waals surface area contributed by atoms with Gasteiger partial charge < -0.3 is 16.2 Å². The molecule has 3 rings (SSSR count). The predicted molar refractivity (Wildman–Crippen MR) is 119 cm³/mol. The zero-order valence-corrected chi connectivity index (χ0v) is 19.1. The molecule has 0 saturated heterocycles. The Kier molecular flexibility index (Phi) is 6.60. The molecule has 1 saturated carbocycles. The van der Waals surface area contributed by atoms with Crippen molar-refractivity contribution in [1.29, 1.82) is 0 Å². The number of carbonyl (C=O) groups is 3.